The van der Waals surface area contributed by atoms with Gasteiger partial charge in [-0.05, 0) is 82.1 Å². The molecule has 0 N–H and O–H groups in total. The molecule has 0 aliphatic heterocycles. The molecule has 7 rings (SSSR count). The maximum atomic E-state index is 6.30. The van der Waals surface area contributed by atoms with Gasteiger partial charge < -0.3 is 4.42 Å². The standard InChI is InChI=1S/C38H34N2O/c1-24(2)26-15-18-29-30-21-28(17-20-35(30)41-36(29)23-26)37-39-32-13-9-10-14-34(32)40(37)33-19-16-27(22-31(33)38(3,4)5)25-11-7-6-8-12-25/h6-24H,1-5H3. The molecule has 5 aromatic carbocycles. The highest BCUT2D eigenvalue weighted by Gasteiger charge is 2.24. The number of rotatable bonds is 4. The Labute approximate surface area is 241 Å². The lowest BCUT2D eigenvalue weighted by molar-refractivity contribution is 0.587. The number of para-hydroxylation sites is 2. The molecule has 0 saturated carbocycles. The molecular formula is C38H34N2O. The molecule has 0 bridgehead atoms. The van der Waals surface area contributed by atoms with Gasteiger partial charge in [0, 0.05) is 16.3 Å². The van der Waals surface area contributed by atoms with Crippen LogP contribution < -0.4 is 0 Å². The molecule has 0 atom stereocenters. The quantitative estimate of drug-likeness (QED) is 0.225. The van der Waals surface area contributed by atoms with Gasteiger partial charge in [0.05, 0.1) is 16.7 Å². The van der Waals surface area contributed by atoms with Gasteiger partial charge in [0.2, 0.25) is 0 Å². The van der Waals surface area contributed by atoms with Crippen molar-refractivity contribution in [1.82, 2.24) is 9.55 Å². The van der Waals surface area contributed by atoms with Crippen molar-refractivity contribution in [3.63, 3.8) is 0 Å². The van der Waals surface area contributed by atoms with E-state index in [0.717, 1.165) is 50.0 Å². The molecule has 0 fully saturated rings. The van der Waals surface area contributed by atoms with E-state index in [1.165, 1.54) is 22.3 Å². The van der Waals surface area contributed by atoms with E-state index in [2.05, 4.69) is 148 Å². The highest BCUT2D eigenvalue weighted by Crippen LogP contribution is 2.39. The van der Waals surface area contributed by atoms with Crippen LogP contribution >= 0.6 is 0 Å². The molecule has 41 heavy (non-hydrogen) atoms. The molecule has 7 aromatic rings. The van der Waals surface area contributed by atoms with E-state index in [0.29, 0.717) is 5.92 Å². The number of nitrogens with zero attached hydrogens (tertiary/aromatic N) is 2. The number of hydrogen-bond acceptors (Lipinski definition) is 2. The second-order valence-corrected chi connectivity index (χ2v) is 12.3. The van der Waals surface area contributed by atoms with E-state index >= 15 is 0 Å². The van der Waals surface area contributed by atoms with Crippen LogP contribution in [0.4, 0.5) is 0 Å². The molecule has 2 aromatic heterocycles. The van der Waals surface area contributed by atoms with E-state index in [-0.39, 0.29) is 5.41 Å². The van der Waals surface area contributed by atoms with Crippen molar-refractivity contribution < 1.29 is 4.42 Å². The molecule has 0 aliphatic rings. The summed E-state index contributed by atoms with van der Waals surface area (Å²) in [6.07, 6.45) is 0. The molecule has 3 heteroatoms. The fourth-order valence-electron chi connectivity index (χ4n) is 5.90. The molecule has 0 amide bonds. The van der Waals surface area contributed by atoms with Crippen molar-refractivity contribution in [2.45, 2.75) is 46.0 Å². The van der Waals surface area contributed by atoms with Crippen LogP contribution in [-0.4, -0.2) is 9.55 Å². The third-order valence-electron chi connectivity index (χ3n) is 8.13. The lowest BCUT2D eigenvalue weighted by Crippen LogP contribution is -2.16. The fourth-order valence-corrected chi connectivity index (χ4v) is 5.90. The number of benzene rings is 5. The van der Waals surface area contributed by atoms with E-state index in [4.69, 9.17) is 9.40 Å². The van der Waals surface area contributed by atoms with Crippen molar-refractivity contribution in [1.29, 1.82) is 0 Å². The first-order chi connectivity index (χ1) is 19.8. The summed E-state index contributed by atoms with van der Waals surface area (Å²) in [4.78, 5) is 5.20. The lowest BCUT2D eigenvalue weighted by atomic mass is 9.84. The average Bonchev–Trinajstić information content (AvgIpc) is 3.54. The number of aromatic nitrogens is 2. The van der Waals surface area contributed by atoms with Gasteiger partial charge in [-0.3, -0.25) is 4.57 Å². The molecule has 0 unspecified atom stereocenters. The van der Waals surface area contributed by atoms with Gasteiger partial charge in [0.25, 0.3) is 0 Å². The Kier molecular flexibility index (Phi) is 5.86. The number of furan rings is 1. The van der Waals surface area contributed by atoms with Crippen LogP contribution in [0, 0.1) is 0 Å². The highest BCUT2D eigenvalue weighted by molar-refractivity contribution is 6.06. The third-order valence-corrected chi connectivity index (χ3v) is 8.13. The van der Waals surface area contributed by atoms with Crippen LogP contribution in [0.3, 0.4) is 0 Å². The van der Waals surface area contributed by atoms with Crippen LogP contribution in [0.2, 0.25) is 0 Å². The summed E-state index contributed by atoms with van der Waals surface area (Å²) in [5.74, 6) is 1.38. The number of imidazole rings is 1. The molecule has 3 nitrogen and oxygen atoms in total. The van der Waals surface area contributed by atoms with Gasteiger partial charge >= 0.3 is 0 Å². The molecular weight excluding hydrogens is 500 g/mol. The minimum Gasteiger partial charge on any atom is -0.456 e. The Bertz CT molecular complexity index is 2050. The second-order valence-electron chi connectivity index (χ2n) is 12.3. The topological polar surface area (TPSA) is 31.0 Å². The van der Waals surface area contributed by atoms with E-state index in [9.17, 15) is 0 Å². The van der Waals surface area contributed by atoms with Crippen LogP contribution in [-0.2, 0) is 5.41 Å². The molecule has 0 saturated heterocycles. The van der Waals surface area contributed by atoms with Crippen molar-refractivity contribution in [3.8, 4) is 28.2 Å². The third kappa shape index (κ3) is 4.33. The smallest absolute Gasteiger partial charge is 0.145 e. The summed E-state index contributed by atoms with van der Waals surface area (Å²) >= 11 is 0. The summed E-state index contributed by atoms with van der Waals surface area (Å²) in [5, 5.41) is 2.25. The van der Waals surface area contributed by atoms with Crippen LogP contribution in [0.25, 0.3) is 61.2 Å². The monoisotopic (exact) mass is 534 g/mol. The Morgan fingerprint density at radius 1 is 0.659 bits per heavy atom. The van der Waals surface area contributed by atoms with Crippen molar-refractivity contribution in [3.05, 3.63) is 120 Å². The molecule has 202 valence electrons. The van der Waals surface area contributed by atoms with Crippen LogP contribution in [0.15, 0.2) is 114 Å². The summed E-state index contributed by atoms with van der Waals surface area (Å²) in [7, 11) is 0. The first-order valence-corrected chi connectivity index (χ1v) is 14.4. The second kappa shape index (κ2) is 9.49. The van der Waals surface area contributed by atoms with Gasteiger partial charge in [-0.2, -0.15) is 0 Å². The first kappa shape index (κ1) is 25.3. The largest absolute Gasteiger partial charge is 0.456 e. The lowest BCUT2D eigenvalue weighted by Gasteiger charge is -2.25. The Morgan fingerprint density at radius 3 is 2.20 bits per heavy atom. The maximum Gasteiger partial charge on any atom is 0.145 e. The zero-order valence-corrected chi connectivity index (χ0v) is 24.3. The van der Waals surface area contributed by atoms with Gasteiger partial charge in [0.1, 0.15) is 17.0 Å². The zero-order chi connectivity index (χ0) is 28.3. The summed E-state index contributed by atoms with van der Waals surface area (Å²) < 4.78 is 8.64. The Morgan fingerprint density at radius 2 is 1.41 bits per heavy atom. The fraction of sp³-hybridized carbons (Fsp3) is 0.184. The SMILES string of the molecule is CC(C)c1ccc2c(c1)oc1ccc(-c3nc4ccccc4n3-c3ccc(-c4ccccc4)cc3C(C)(C)C)cc12. The molecule has 0 radical (unpaired) electrons. The number of hydrogen-bond donors (Lipinski definition) is 0. The minimum absolute atomic E-state index is 0.0817. The van der Waals surface area contributed by atoms with E-state index < -0.39 is 0 Å². The van der Waals surface area contributed by atoms with Gasteiger partial charge in [-0.1, -0.05) is 95.3 Å². The van der Waals surface area contributed by atoms with E-state index in [1.807, 2.05) is 0 Å². The molecule has 2 heterocycles. The summed E-state index contributed by atoms with van der Waals surface area (Å²) in [6.45, 7) is 11.3. The summed E-state index contributed by atoms with van der Waals surface area (Å²) in [6, 6.07) is 38.9. The van der Waals surface area contributed by atoms with Gasteiger partial charge in [-0.15, -0.1) is 0 Å². The van der Waals surface area contributed by atoms with Crippen LogP contribution in [0.5, 0.6) is 0 Å². The first-order valence-electron chi connectivity index (χ1n) is 14.4. The van der Waals surface area contributed by atoms with Gasteiger partial charge in [-0.25, -0.2) is 4.98 Å². The zero-order valence-electron chi connectivity index (χ0n) is 24.3. The van der Waals surface area contributed by atoms with Crippen molar-refractivity contribution in [2.24, 2.45) is 0 Å². The Hall–Kier alpha value is -4.63. The van der Waals surface area contributed by atoms with Gasteiger partial charge in [0.15, 0.2) is 0 Å². The molecule has 0 aliphatic carbocycles. The van der Waals surface area contributed by atoms with Crippen molar-refractivity contribution in [2.75, 3.05) is 0 Å². The predicted octanol–water partition coefficient (Wildman–Crippen LogP) is 10.7. The van der Waals surface area contributed by atoms with E-state index in [1.54, 1.807) is 0 Å². The number of fused-ring (bicyclic) bond motifs is 4. The normalized spacial score (nSPS) is 12.2. The average molecular weight is 535 g/mol. The van der Waals surface area contributed by atoms with Crippen molar-refractivity contribution >= 4 is 33.0 Å². The highest BCUT2D eigenvalue weighted by atomic mass is 16.3. The molecule has 0 spiro atoms. The summed E-state index contributed by atoms with van der Waals surface area (Å²) in [5.41, 5.74) is 11.0. The minimum atomic E-state index is -0.0817. The van der Waals surface area contributed by atoms with Crippen LogP contribution in [0.1, 0.15) is 51.7 Å². The maximum absolute atomic E-state index is 6.30. The Balaban J connectivity index is 1.47. The predicted molar refractivity (Wildman–Crippen MR) is 172 cm³/mol.